The van der Waals surface area contributed by atoms with Gasteiger partial charge in [0.05, 0.1) is 17.3 Å². The first-order chi connectivity index (χ1) is 13.5. The third-order valence-electron chi connectivity index (χ3n) is 6.70. The molecule has 5 rings (SSSR count). The van der Waals surface area contributed by atoms with Crippen molar-refractivity contribution >= 4 is 17.9 Å². The molecule has 0 radical (unpaired) electrons. The number of nitrogens with one attached hydrogen (secondary N) is 3. The van der Waals surface area contributed by atoms with E-state index in [-0.39, 0.29) is 12.8 Å². The number of fused-ring (bicyclic) bond motifs is 3. The number of aromatic amines is 1. The van der Waals surface area contributed by atoms with Crippen LogP contribution in [0.15, 0.2) is 23.0 Å². The van der Waals surface area contributed by atoms with Crippen molar-refractivity contribution in [3.63, 3.8) is 0 Å². The van der Waals surface area contributed by atoms with Gasteiger partial charge in [0.2, 0.25) is 0 Å². The predicted molar refractivity (Wildman–Crippen MR) is 100 cm³/mol. The molecule has 1 aromatic heterocycles. The highest BCUT2D eigenvalue weighted by atomic mass is 19.4. The summed E-state index contributed by atoms with van der Waals surface area (Å²) in [6.45, 7) is 1.89. The average molecular weight is 394 g/mol. The number of aliphatic imine (C=N–C) groups is 1. The summed E-state index contributed by atoms with van der Waals surface area (Å²) in [5.74, 6) is 0.175. The van der Waals surface area contributed by atoms with Gasteiger partial charge in [-0.2, -0.15) is 13.2 Å². The highest BCUT2D eigenvalue weighted by Gasteiger charge is 2.43. The minimum absolute atomic E-state index is 0.277. The van der Waals surface area contributed by atoms with Gasteiger partial charge in [-0.1, -0.05) is 0 Å². The van der Waals surface area contributed by atoms with Gasteiger partial charge in [-0.05, 0) is 57.7 Å². The Hall–Kier alpha value is -2.00. The number of piperidine rings is 1. The lowest BCUT2D eigenvalue weighted by Crippen LogP contribution is -2.45. The van der Waals surface area contributed by atoms with Gasteiger partial charge in [0, 0.05) is 23.7 Å². The fourth-order valence-corrected chi connectivity index (χ4v) is 5.12. The Balaban J connectivity index is 1.23. The monoisotopic (exact) mass is 394 g/mol. The number of hydrogen-bond donors (Lipinski definition) is 3. The third-order valence-corrected chi connectivity index (χ3v) is 6.70. The van der Waals surface area contributed by atoms with Crippen molar-refractivity contribution in [1.82, 2.24) is 25.9 Å². The zero-order valence-electron chi connectivity index (χ0n) is 15.6. The van der Waals surface area contributed by atoms with E-state index in [0.29, 0.717) is 24.8 Å². The number of rotatable bonds is 2. The van der Waals surface area contributed by atoms with Gasteiger partial charge < -0.3 is 15.3 Å². The summed E-state index contributed by atoms with van der Waals surface area (Å²) in [6, 6.07) is 2.35. The molecule has 0 amide bonds. The van der Waals surface area contributed by atoms with Gasteiger partial charge in [0.1, 0.15) is 12.2 Å². The number of nitrogens with zero attached hydrogens (tertiary/aromatic N) is 3. The van der Waals surface area contributed by atoms with Crippen LogP contribution in [0.25, 0.3) is 5.70 Å². The normalized spacial score (nSPS) is 29.0. The molecule has 9 heteroatoms. The third kappa shape index (κ3) is 3.10. The van der Waals surface area contributed by atoms with Gasteiger partial charge in [-0.25, -0.2) is 10.0 Å². The van der Waals surface area contributed by atoms with Crippen molar-refractivity contribution in [2.75, 3.05) is 13.1 Å². The van der Waals surface area contributed by atoms with E-state index in [1.54, 1.807) is 6.34 Å². The number of hydrogen-bond acceptors (Lipinski definition) is 5. The SMILES string of the molecule is FC(F)(F)C1CCC(N2CCC(C3=C4c5cc[nH]c5N=CN4NN3)CC2)CC1. The molecule has 3 N–H and O–H groups in total. The first kappa shape index (κ1) is 18.1. The molecule has 0 unspecified atom stereocenters. The molecule has 0 bridgehead atoms. The summed E-state index contributed by atoms with van der Waals surface area (Å²) in [7, 11) is 0. The highest BCUT2D eigenvalue weighted by molar-refractivity contribution is 5.87. The molecule has 1 aromatic rings. The maximum absolute atomic E-state index is 12.9. The fraction of sp³-hybridized carbons (Fsp3) is 0.632. The van der Waals surface area contributed by atoms with Gasteiger partial charge in [0.15, 0.2) is 0 Å². The van der Waals surface area contributed by atoms with Crippen LogP contribution in [-0.4, -0.2) is 46.5 Å². The van der Waals surface area contributed by atoms with Gasteiger partial charge in [-0.15, -0.1) is 5.53 Å². The van der Waals surface area contributed by atoms with E-state index in [1.165, 1.54) is 5.70 Å². The quantitative estimate of drug-likeness (QED) is 0.719. The summed E-state index contributed by atoms with van der Waals surface area (Å²) < 4.78 is 38.7. The summed E-state index contributed by atoms with van der Waals surface area (Å²) in [5.41, 5.74) is 9.87. The molecule has 3 aliphatic heterocycles. The predicted octanol–water partition coefficient (Wildman–Crippen LogP) is 3.51. The Morgan fingerprint density at radius 2 is 1.79 bits per heavy atom. The second-order valence-corrected chi connectivity index (χ2v) is 8.21. The Bertz CT molecular complexity index is 782. The van der Waals surface area contributed by atoms with Crippen LogP contribution < -0.4 is 11.0 Å². The lowest BCUT2D eigenvalue weighted by Gasteiger charge is -2.41. The molecular formula is C19H25F3N6. The Morgan fingerprint density at radius 1 is 1.04 bits per heavy atom. The molecule has 0 atom stereocenters. The fourth-order valence-electron chi connectivity index (χ4n) is 5.12. The number of hydrazine groups is 2. The molecule has 1 saturated heterocycles. The van der Waals surface area contributed by atoms with Crippen molar-refractivity contribution in [1.29, 1.82) is 0 Å². The lowest BCUT2D eigenvalue weighted by atomic mass is 9.83. The van der Waals surface area contributed by atoms with E-state index in [4.69, 9.17) is 0 Å². The molecule has 28 heavy (non-hydrogen) atoms. The van der Waals surface area contributed by atoms with Crippen molar-refractivity contribution in [3.05, 3.63) is 23.5 Å². The Labute approximate surface area is 161 Å². The molecule has 1 aliphatic carbocycles. The number of allylic oxidation sites excluding steroid dienone is 1. The van der Waals surface area contributed by atoms with Crippen LogP contribution in [0.1, 0.15) is 44.1 Å². The van der Waals surface area contributed by atoms with Crippen LogP contribution in [0.4, 0.5) is 19.0 Å². The Kier molecular flexibility index (Phi) is 4.39. The maximum Gasteiger partial charge on any atom is 0.391 e. The van der Waals surface area contributed by atoms with Crippen LogP contribution in [0.3, 0.4) is 0 Å². The van der Waals surface area contributed by atoms with Gasteiger partial charge >= 0.3 is 6.18 Å². The Morgan fingerprint density at radius 3 is 2.50 bits per heavy atom. The van der Waals surface area contributed by atoms with E-state index in [2.05, 4.69) is 25.8 Å². The van der Waals surface area contributed by atoms with E-state index < -0.39 is 12.1 Å². The standard InChI is InChI=1S/C19H25F3N6/c20-19(21,22)13-1-3-14(4-2-13)27-9-6-12(7-10-27)16-17-15-5-8-23-18(15)24-11-28(17)26-25-16/h5,8,11-14,23,25-26H,1-4,6-7,9-10H2. The second-order valence-electron chi connectivity index (χ2n) is 8.21. The maximum atomic E-state index is 12.9. The molecular weight excluding hydrogens is 369 g/mol. The number of alkyl halides is 3. The number of aromatic nitrogens is 1. The number of halogens is 3. The first-order valence-corrected chi connectivity index (χ1v) is 10.1. The molecule has 1 saturated carbocycles. The first-order valence-electron chi connectivity index (χ1n) is 10.1. The highest BCUT2D eigenvalue weighted by Crippen LogP contribution is 2.41. The molecule has 152 valence electrons. The molecule has 2 fully saturated rings. The smallest absolute Gasteiger partial charge is 0.346 e. The molecule has 6 nitrogen and oxygen atoms in total. The van der Waals surface area contributed by atoms with Gasteiger partial charge in [-0.3, -0.25) is 0 Å². The summed E-state index contributed by atoms with van der Waals surface area (Å²) in [5, 5.41) is 1.91. The minimum Gasteiger partial charge on any atom is -0.346 e. The van der Waals surface area contributed by atoms with Crippen LogP contribution >= 0.6 is 0 Å². The summed E-state index contributed by atoms with van der Waals surface area (Å²) in [4.78, 5) is 9.96. The van der Waals surface area contributed by atoms with Crippen LogP contribution in [-0.2, 0) is 0 Å². The van der Waals surface area contributed by atoms with Gasteiger partial charge in [0.25, 0.3) is 0 Å². The molecule has 4 heterocycles. The van der Waals surface area contributed by atoms with E-state index in [1.807, 2.05) is 17.3 Å². The van der Waals surface area contributed by atoms with Crippen LogP contribution in [0.5, 0.6) is 0 Å². The second kappa shape index (κ2) is 6.81. The van der Waals surface area contributed by atoms with Crippen LogP contribution in [0.2, 0.25) is 0 Å². The largest absolute Gasteiger partial charge is 0.391 e. The summed E-state index contributed by atoms with van der Waals surface area (Å²) >= 11 is 0. The van der Waals surface area contributed by atoms with Crippen molar-refractivity contribution in [2.24, 2.45) is 16.8 Å². The zero-order valence-corrected chi connectivity index (χ0v) is 15.6. The van der Waals surface area contributed by atoms with Crippen molar-refractivity contribution < 1.29 is 13.2 Å². The molecule has 0 aromatic carbocycles. The summed E-state index contributed by atoms with van der Waals surface area (Å²) in [6.07, 6.45) is 3.54. The average Bonchev–Trinajstić information content (AvgIpc) is 3.34. The van der Waals surface area contributed by atoms with Crippen molar-refractivity contribution in [2.45, 2.75) is 50.7 Å². The zero-order chi connectivity index (χ0) is 19.3. The van der Waals surface area contributed by atoms with E-state index in [0.717, 1.165) is 43.0 Å². The van der Waals surface area contributed by atoms with Crippen molar-refractivity contribution in [3.8, 4) is 0 Å². The number of likely N-dealkylation sites (tertiary alicyclic amines) is 1. The molecule has 4 aliphatic rings. The molecule has 0 spiro atoms. The minimum atomic E-state index is -4.03. The van der Waals surface area contributed by atoms with E-state index in [9.17, 15) is 13.2 Å². The number of H-pyrrole nitrogens is 1. The van der Waals surface area contributed by atoms with Crippen LogP contribution in [0, 0.1) is 11.8 Å². The van der Waals surface area contributed by atoms with E-state index >= 15 is 0 Å². The topological polar surface area (TPSA) is 58.7 Å². The lowest BCUT2D eigenvalue weighted by molar-refractivity contribution is -0.184.